The van der Waals surface area contributed by atoms with Crippen LogP contribution in [0.4, 0.5) is 4.79 Å². The first-order chi connectivity index (χ1) is 9.33. The van der Waals surface area contributed by atoms with Crippen LogP contribution >= 0.6 is 0 Å². The zero-order chi connectivity index (χ0) is 14.8. The summed E-state index contributed by atoms with van der Waals surface area (Å²) in [6.07, 6.45) is 0.507. The molecule has 0 spiro atoms. The van der Waals surface area contributed by atoms with E-state index in [0.717, 1.165) is 12.1 Å². The van der Waals surface area contributed by atoms with Gasteiger partial charge < -0.3 is 14.4 Å². The highest BCUT2D eigenvalue weighted by Gasteiger charge is 2.30. The number of aryl methyl sites for hydroxylation is 1. The third-order valence-corrected chi connectivity index (χ3v) is 2.95. The molecular weight excluding hydrogens is 256 g/mol. The molecule has 1 amide bonds. The van der Waals surface area contributed by atoms with Gasteiger partial charge in [0.15, 0.2) is 0 Å². The smallest absolute Gasteiger partial charge is 0.410 e. The Morgan fingerprint density at radius 1 is 1.40 bits per heavy atom. The van der Waals surface area contributed by atoms with Crippen LogP contribution in [0.3, 0.4) is 0 Å². The maximum absolute atomic E-state index is 11.9. The van der Waals surface area contributed by atoms with Gasteiger partial charge in [0.1, 0.15) is 11.7 Å². The third-order valence-electron chi connectivity index (χ3n) is 2.95. The van der Waals surface area contributed by atoms with Crippen molar-refractivity contribution in [3.63, 3.8) is 0 Å². The summed E-state index contributed by atoms with van der Waals surface area (Å²) in [6.45, 7) is 8.73. The third kappa shape index (κ3) is 4.11. The predicted octanol–water partition coefficient (Wildman–Crippen LogP) is 2.78. The number of aromatic nitrogens is 1. The topological polar surface area (TPSA) is 51.7 Å². The van der Waals surface area contributed by atoms with Crippen molar-refractivity contribution in [1.29, 1.82) is 0 Å². The zero-order valence-electron chi connectivity index (χ0n) is 12.5. The molecule has 1 aromatic heterocycles. The quantitative estimate of drug-likeness (QED) is 0.834. The molecule has 0 radical (unpaired) electrons. The van der Waals surface area contributed by atoms with E-state index in [2.05, 4.69) is 4.98 Å². The normalized spacial score (nSPS) is 19.0. The summed E-state index contributed by atoms with van der Waals surface area (Å²) in [5.41, 5.74) is 0.457. The van der Waals surface area contributed by atoms with Gasteiger partial charge in [-0.1, -0.05) is 6.07 Å². The van der Waals surface area contributed by atoms with Gasteiger partial charge in [-0.25, -0.2) is 9.78 Å². The fourth-order valence-corrected chi connectivity index (χ4v) is 2.07. The van der Waals surface area contributed by atoms with E-state index in [1.165, 1.54) is 0 Å². The molecule has 20 heavy (non-hydrogen) atoms. The first kappa shape index (κ1) is 14.6. The minimum absolute atomic E-state index is 0.0168. The van der Waals surface area contributed by atoms with Gasteiger partial charge in [-0.15, -0.1) is 0 Å². The lowest BCUT2D eigenvalue weighted by atomic mass is 10.2. The standard InChI is InChI=1S/C15H22N2O3/c1-11-6-5-7-13(16-11)19-12-8-9-17(10-12)14(18)20-15(2,3)4/h5-7,12H,8-10H2,1-4H3/t12-/m0/s1. The minimum atomic E-state index is -0.464. The molecule has 2 heterocycles. The van der Waals surface area contributed by atoms with Crippen molar-refractivity contribution >= 4 is 6.09 Å². The van der Waals surface area contributed by atoms with Crippen molar-refractivity contribution < 1.29 is 14.3 Å². The van der Waals surface area contributed by atoms with E-state index in [0.29, 0.717) is 19.0 Å². The highest BCUT2D eigenvalue weighted by molar-refractivity contribution is 5.68. The lowest BCUT2D eigenvalue weighted by molar-refractivity contribution is 0.0275. The molecule has 1 aromatic rings. The molecule has 1 atom stereocenters. The fourth-order valence-electron chi connectivity index (χ4n) is 2.07. The second-order valence-electron chi connectivity index (χ2n) is 6.07. The lowest BCUT2D eigenvalue weighted by Gasteiger charge is -2.24. The number of carbonyl (C=O) groups excluding carboxylic acids is 1. The molecule has 1 saturated heterocycles. The molecule has 0 saturated carbocycles. The molecule has 5 heteroatoms. The number of ether oxygens (including phenoxy) is 2. The fraction of sp³-hybridized carbons (Fsp3) is 0.600. The summed E-state index contributed by atoms with van der Waals surface area (Å²) in [5, 5.41) is 0. The minimum Gasteiger partial charge on any atom is -0.472 e. The van der Waals surface area contributed by atoms with Crippen LogP contribution < -0.4 is 4.74 Å². The highest BCUT2D eigenvalue weighted by Crippen LogP contribution is 2.19. The molecule has 0 aliphatic carbocycles. The Bertz CT molecular complexity index is 482. The van der Waals surface area contributed by atoms with E-state index in [4.69, 9.17) is 9.47 Å². The molecule has 0 bridgehead atoms. The van der Waals surface area contributed by atoms with E-state index in [9.17, 15) is 4.79 Å². The van der Waals surface area contributed by atoms with E-state index in [-0.39, 0.29) is 12.2 Å². The van der Waals surface area contributed by atoms with Crippen LogP contribution in [0.25, 0.3) is 0 Å². The van der Waals surface area contributed by atoms with Gasteiger partial charge >= 0.3 is 6.09 Å². The molecule has 2 rings (SSSR count). The van der Waals surface area contributed by atoms with Crippen molar-refractivity contribution in [3.8, 4) is 5.88 Å². The van der Waals surface area contributed by atoms with Gasteiger partial charge in [-0.3, -0.25) is 0 Å². The summed E-state index contributed by atoms with van der Waals surface area (Å²) < 4.78 is 11.2. The van der Waals surface area contributed by atoms with Crippen LogP contribution in [-0.4, -0.2) is 40.8 Å². The average molecular weight is 278 g/mol. The average Bonchev–Trinajstić information content (AvgIpc) is 2.75. The largest absolute Gasteiger partial charge is 0.472 e. The van der Waals surface area contributed by atoms with Crippen molar-refractivity contribution in [2.75, 3.05) is 13.1 Å². The predicted molar refractivity (Wildman–Crippen MR) is 75.8 cm³/mol. The summed E-state index contributed by atoms with van der Waals surface area (Å²) in [6, 6.07) is 5.68. The second-order valence-corrected chi connectivity index (χ2v) is 6.07. The Hall–Kier alpha value is -1.78. The lowest BCUT2D eigenvalue weighted by Crippen LogP contribution is -2.36. The Balaban J connectivity index is 1.88. The molecular formula is C15H22N2O3. The maximum Gasteiger partial charge on any atom is 0.410 e. The number of hydrogen-bond acceptors (Lipinski definition) is 4. The van der Waals surface area contributed by atoms with Crippen LogP contribution in [0.15, 0.2) is 18.2 Å². The summed E-state index contributed by atoms with van der Waals surface area (Å²) in [5.74, 6) is 0.612. The maximum atomic E-state index is 11.9. The van der Waals surface area contributed by atoms with E-state index < -0.39 is 5.60 Å². The van der Waals surface area contributed by atoms with E-state index in [1.807, 2.05) is 45.9 Å². The molecule has 0 N–H and O–H groups in total. The monoisotopic (exact) mass is 278 g/mol. The summed E-state index contributed by atoms with van der Waals surface area (Å²) in [7, 11) is 0. The Morgan fingerprint density at radius 3 is 2.80 bits per heavy atom. The van der Waals surface area contributed by atoms with E-state index >= 15 is 0 Å². The Kier molecular flexibility index (Phi) is 4.16. The molecule has 0 aromatic carbocycles. The highest BCUT2D eigenvalue weighted by atomic mass is 16.6. The van der Waals surface area contributed by atoms with Crippen molar-refractivity contribution in [3.05, 3.63) is 23.9 Å². The Labute approximate surface area is 119 Å². The number of hydrogen-bond donors (Lipinski definition) is 0. The first-order valence-corrected chi connectivity index (χ1v) is 6.92. The molecule has 0 unspecified atom stereocenters. The number of likely N-dealkylation sites (tertiary alicyclic amines) is 1. The van der Waals surface area contributed by atoms with Gasteiger partial charge in [0.05, 0.1) is 6.54 Å². The summed E-state index contributed by atoms with van der Waals surface area (Å²) in [4.78, 5) is 17.9. The Morgan fingerprint density at radius 2 is 2.15 bits per heavy atom. The number of rotatable bonds is 2. The van der Waals surface area contributed by atoms with Crippen molar-refractivity contribution in [2.45, 2.75) is 45.8 Å². The summed E-state index contributed by atoms with van der Waals surface area (Å²) >= 11 is 0. The number of pyridine rings is 1. The molecule has 5 nitrogen and oxygen atoms in total. The SMILES string of the molecule is Cc1cccc(O[C@H]2CCN(C(=O)OC(C)(C)C)C2)n1. The van der Waals surface area contributed by atoms with Crippen LogP contribution in [0.5, 0.6) is 5.88 Å². The van der Waals surface area contributed by atoms with Gasteiger partial charge in [0.25, 0.3) is 0 Å². The van der Waals surface area contributed by atoms with Gasteiger partial charge in [0.2, 0.25) is 5.88 Å². The van der Waals surface area contributed by atoms with E-state index in [1.54, 1.807) is 4.90 Å². The first-order valence-electron chi connectivity index (χ1n) is 6.92. The molecule has 1 fully saturated rings. The van der Waals surface area contributed by atoms with Crippen molar-refractivity contribution in [2.24, 2.45) is 0 Å². The van der Waals surface area contributed by atoms with Crippen LogP contribution in [-0.2, 0) is 4.74 Å². The second kappa shape index (κ2) is 5.69. The molecule has 1 aliphatic rings. The van der Waals surface area contributed by atoms with Crippen molar-refractivity contribution in [1.82, 2.24) is 9.88 Å². The number of nitrogens with zero attached hydrogens (tertiary/aromatic N) is 2. The number of carbonyl (C=O) groups is 1. The van der Waals surface area contributed by atoms with Crippen LogP contribution in [0.2, 0.25) is 0 Å². The van der Waals surface area contributed by atoms with Crippen LogP contribution in [0, 0.1) is 6.92 Å². The van der Waals surface area contributed by atoms with Gasteiger partial charge in [-0.2, -0.15) is 0 Å². The molecule has 110 valence electrons. The zero-order valence-corrected chi connectivity index (χ0v) is 12.5. The van der Waals surface area contributed by atoms with Gasteiger partial charge in [0, 0.05) is 24.7 Å². The number of amides is 1. The van der Waals surface area contributed by atoms with Crippen LogP contribution in [0.1, 0.15) is 32.9 Å². The molecule has 1 aliphatic heterocycles. The van der Waals surface area contributed by atoms with Gasteiger partial charge in [-0.05, 0) is 33.8 Å².